The van der Waals surface area contributed by atoms with Gasteiger partial charge in [0.2, 0.25) is 0 Å². The number of aromatic nitrogens is 1. The normalized spacial score (nSPS) is 12.0. The minimum absolute atomic E-state index is 0.0293. The highest BCUT2D eigenvalue weighted by Gasteiger charge is 2.24. The summed E-state index contributed by atoms with van der Waals surface area (Å²) in [5.41, 5.74) is 2.30. The molecule has 158 valence electrons. The second kappa shape index (κ2) is 9.22. The Morgan fingerprint density at radius 1 is 1.13 bits per heavy atom. The minimum atomic E-state index is -0.294. The average Bonchev–Trinajstić information content (AvgIpc) is 3.09. The average molecular weight is 429 g/mol. The Morgan fingerprint density at radius 2 is 1.87 bits per heavy atom. The fourth-order valence-electron chi connectivity index (χ4n) is 3.13. The minimum Gasteiger partial charge on any atom is -0.493 e. The van der Waals surface area contributed by atoms with Gasteiger partial charge in [-0.25, -0.2) is 0 Å². The van der Waals surface area contributed by atoms with Crippen molar-refractivity contribution >= 4 is 17.5 Å². The predicted octanol–water partition coefficient (Wildman–Crippen LogP) is 5.59. The SMILES string of the molecule is COc1cc(C(C)NC(=O)c2c(-c3ccccc3Cl)noc2C)ccc1OC(C)C. The topological polar surface area (TPSA) is 73.6 Å². The monoisotopic (exact) mass is 428 g/mol. The van der Waals surface area contributed by atoms with Crippen molar-refractivity contribution < 1.29 is 18.8 Å². The van der Waals surface area contributed by atoms with Crippen molar-refractivity contribution in [2.24, 2.45) is 0 Å². The van der Waals surface area contributed by atoms with Crippen LogP contribution in [0.4, 0.5) is 0 Å². The van der Waals surface area contributed by atoms with Gasteiger partial charge in [0.05, 0.1) is 24.3 Å². The Hall–Kier alpha value is -2.99. The van der Waals surface area contributed by atoms with Gasteiger partial charge < -0.3 is 19.3 Å². The van der Waals surface area contributed by atoms with E-state index in [1.807, 2.05) is 51.1 Å². The standard InChI is InChI=1S/C23H25ClN2O4/c1-13(2)29-19-11-10-16(12-20(19)28-5)14(3)25-23(27)21-15(4)30-26-22(21)17-8-6-7-9-18(17)24/h6-14H,1-5H3,(H,25,27). The molecule has 30 heavy (non-hydrogen) atoms. The zero-order chi connectivity index (χ0) is 21.8. The summed E-state index contributed by atoms with van der Waals surface area (Å²) >= 11 is 6.29. The van der Waals surface area contributed by atoms with E-state index in [9.17, 15) is 4.79 Å². The molecule has 1 N–H and O–H groups in total. The van der Waals surface area contributed by atoms with E-state index in [1.54, 1.807) is 26.2 Å². The highest BCUT2D eigenvalue weighted by atomic mass is 35.5. The molecule has 0 radical (unpaired) electrons. The molecule has 1 atom stereocenters. The van der Waals surface area contributed by atoms with Crippen LogP contribution in [0.2, 0.25) is 5.02 Å². The number of hydrogen-bond acceptors (Lipinski definition) is 5. The van der Waals surface area contributed by atoms with E-state index in [0.29, 0.717) is 39.1 Å². The largest absolute Gasteiger partial charge is 0.493 e. The van der Waals surface area contributed by atoms with Crippen LogP contribution in [0.1, 0.15) is 48.5 Å². The molecule has 0 bridgehead atoms. The van der Waals surface area contributed by atoms with E-state index < -0.39 is 0 Å². The van der Waals surface area contributed by atoms with Crippen LogP contribution in [0.5, 0.6) is 11.5 Å². The molecule has 3 rings (SSSR count). The van der Waals surface area contributed by atoms with Crippen LogP contribution >= 0.6 is 11.6 Å². The van der Waals surface area contributed by atoms with Crippen molar-refractivity contribution in [3.05, 3.63) is 64.4 Å². The zero-order valence-corrected chi connectivity index (χ0v) is 18.4. The first-order chi connectivity index (χ1) is 14.3. The highest BCUT2D eigenvalue weighted by Crippen LogP contribution is 2.33. The molecule has 2 aromatic carbocycles. The molecule has 0 saturated heterocycles. The fraction of sp³-hybridized carbons (Fsp3) is 0.304. The van der Waals surface area contributed by atoms with E-state index in [4.69, 9.17) is 25.6 Å². The number of benzene rings is 2. The van der Waals surface area contributed by atoms with Crippen molar-refractivity contribution in [2.45, 2.75) is 39.8 Å². The van der Waals surface area contributed by atoms with Gasteiger partial charge in [0, 0.05) is 5.56 Å². The quantitative estimate of drug-likeness (QED) is 0.531. The number of amides is 1. The number of ether oxygens (including phenoxy) is 2. The molecule has 7 heteroatoms. The summed E-state index contributed by atoms with van der Waals surface area (Å²) in [6.07, 6.45) is 0.0293. The molecule has 0 spiro atoms. The van der Waals surface area contributed by atoms with Gasteiger partial charge in [0.15, 0.2) is 11.5 Å². The van der Waals surface area contributed by atoms with E-state index in [2.05, 4.69) is 10.5 Å². The van der Waals surface area contributed by atoms with Crippen LogP contribution in [-0.2, 0) is 0 Å². The van der Waals surface area contributed by atoms with Crippen LogP contribution in [0.25, 0.3) is 11.3 Å². The molecule has 0 fully saturated rings. The maximum Gasteiger partial charge on any atom is 0.257 e. The Morgan fingerprint density at radius 3 is 2.53 bits per heavy atom. The van der Waals surface area contributed by atoms with Crippen molar-refractivity contribution in [2.75, 3.05) is 7.11 Å². The maximum atomic E-state index is 13.1. The summed E-state index contributed by atoms with van der Waals surface area (Å²) in [5, 5.41) is 7.56. The molecule has 1 heterocycles. The third kappa shape index (κ3) is 4.60. The van der Waals surface area contributed by atoms with Crippen LogP contribution < -0.4 is 14.8 Å². The number of carbonyl (C=O) groups excluding carboxylic acids is 1. The van der Waals surface area contributed by atoms with Gasteiger partial charge in [-0.2, -0.15) is 0 Å². The van der Waals surface area contributed by atoms with Gasteiger partial charge >= 0.3 is 0 Å². The van der Waals surface area contributed by atoms with Crippen LogP contribution in [-0.4, -0.2) is 24.3 Å². The van der Waals surface area contributed by atoms with Crippen molar-refractivity contribution in [3.63, 3.8) is 0 Å². The van der Waals surface area contributed by atoms with Crippen molar-refractivity contribution in [1.29, 1.82) is 0 Å². The number of hydrogen-bond donors (Lipinski definition) is 1. The number of carbonyl (C=O) groups is 1. The number of halogens is 1. The molecule has 1 unspecified atom stereocenters. The van der Waals surface area contributed by atoms with Gasteiger partial charge in [-0.1, -0.05) is 41.0 Å². The summed E-state index contributed by atoms with van der Waals surface area (Å²) in [6.45, 7) is 7.50. The van der Waals surface area contributed by atoms with Crippen LogP contribution in [0, 0.1) is 6.92 Å². The number of nitrogens with zero attached hydrogens (tertiary/aromatic N) is 1. The van der Waals surface area contributed by atoms with Gasteiger partial charge in [-0.05, 0) is 51.5 Å². The van der Waals surface area contributed by atoms with Gasteiger partial charge in [-0.15, -0.1) is 0 Å². The summed E-state index contributed by atoms with van der Waals surface area (Å²) < 4.78 is 16.5. The van der Waals surface area contributed by atoms with E-state index >= 15 is 0 Å². The summed E-state index contributed by atoms with van der Waals surface area (Å²) in [7, 11) is 1.59. The molecular formula is C23H25ClN2O4. The molecule has 3 aromatic rings. The van der Waals surface area contributed by atoms with Gasteiger partial charge in [0.1, 0.15) is 17.0 Å². The lowest BCUT2D eigenvalue weighted by atomic mass is 10.0. The third-order valence-corrected chi connectivity index (χ3v) is 4.95. The Labute approximate surface area is 181 Å². The highest BCUT2D eigenvalue weighted by molar-refractivity contribution is 6.33. The van der Waals surface area contributed by atoms with E-state index in [0.717, 1.165) is 5.56 Å². The number of methoxy groups -OCH3 is 1. The molecule has 0 saturated carbocycles. The smallest absolute Gasteiger partial charge is 0.257 e. The molecule has 6 nitrogen and oxygen atoms in total. The summed E-state index contributed by atoms with van der Waals surface area (Å²) in [4.78, 5) is 13.1. The Balaban J connectivity index is 1.85. The lowest BCUT2D eigenvalue weighted by Crippen LogP contribution is -2.27. The lowest BCUT2D eigenvalue weighted by Gasteiger charge is -2.18. The molecular weight excluding hydrogens is 404 g/mol. The Kier molecular flexibility index (Phi) is 6.67. The van der Waals surface area contributed by atoms with Gasteiger partial charge in [-0.3, -0.25) is 4.79 Å². The van der Waals surface area contributed by atoms with Crippen molar-refractivity contribution in [1.82, 2.24) is 10.5 Å². The lowest BCUT2D eigenvalue weighted by molar-refractivity contribution is 0.0939. The third-order valence-electron chi connectivity index (χ3n) is 4.62. The number of rotatable bonds is 7. The second-order valence-electron chi connectivity index (χ2n) is 7.21. The molecule has 0 aliphatic heterocycles. The molecule has 0 aliphatic carbocycles. The Bertz CT molecular complexity index is 1050. The fourth-order valence-corrected chi connectivity index (χ4v) is 3.36. The number of aryl methyl sites for hydroxylation is 1. The first-order valence-electron chi connectivity index (χ1n) is 9.68. The maximum absolute atomic E-state index is 13.1. The van der Waals surface area contributed by atoms with Crippen LogP contribution in [0.15, 0.2) is 47.0 Å². The second-order valence-corrected chi connectivity index (χ2v) is 7.62. The first kappa shape index (κ1) is 21.7. The first-order valence-corrected chi connectivity index (χ1v) is 10.1. The summed E-state index contributed by atoms with van der Waals surface area (Å²) in [6, 6.07) is 12.5. The number of nitrogens with one attached hydrogen (secondary N) is 1. The predicted molar refractivity (Wildman–Crippen MR) is 116 cm³/mol. The molecule has 1 amide bonds. The van der Waals surface area contributed by atoms with Crippen LogP contribution in [0.3, 0.4) is 0 Å². The zero-order valence-electron chi connectivity index (χ0n) is 17.7. The molecule has 1 aromatic heterocycles. The van der Waals surface area contributed by atoms with E-state index in [-0.39, 0.29) is 18.1 Å². The van der Waals surface area contributed by atoms with Gasteiger partial charge in [0.25, 0.3) is 5.91 Å². The summed E-state index contributed by atoms with van der Waals surface area (Å²) in [5.74, 6) is 1.40. The van der Waals surface area contributed by atoms with E-state index in [1.165, 1.54) is 0 Å². The molecule has 0 aliphatic rings. The van der Waals surface area contributed by atoms with Crippen molar-refractivity contribution in [3.8, 4) is 22.8 Å².